The van der Waals surface area contributed by atoms with Gasteiger partial charge in [0.25, 0.3) is 0 Å². The van der Waals surface area contributed by atoms with E-state index in [2.05, 4.69) is 20.5 Å². The van der Waals surface area contributed by atoms with Crippen LogP contribution in [0.15, 0.2) is 17.1 Å². The van der Waals surface area contributed by atoms with E-state index in [0.717, 1.165) is 37.5 Å². The number of nitrogens with zero attached hydrogens (tertiary/aromatic N) is 2. The van der Waals surface area contributed by atoms with Crippen molar-refractivity contribution in [1.82, 2.24) is 15.5 Å². The molecule has 1 saturated heterocycles. The van der Waals surface area contributed by atoms with Gasteiger partial charge in [-0.25, -0.2) is 0 Å². The SMILES string of the molecule is CN=C(NCc1c(OC)cc(OC)cc1OC)N1CCC(CC(=O)NC)CC1. The van der Waals surface area contributed by atoms with Crippen molar-refractivity contribution in [2.75, 3.05) is 48.5 Å². The molecule has 2 rings (SSSR count). The van der Waals surface area contributed by atoms with Crippen LogP contribution in [0.1, 0.15) is 24.8 Å². The van der Waals surface area contributed by atoms with Gasteiger partial charge in [0.1, 0.15) is 17.2 Å². The minimum atomic E-state index is 0.111. The second kappa shape index (κ2) is 10.6. The first kappa shape index (κ1) is 21.7. The standard InChI is InChI=1S/C20H32N4O4/c1-21-19(25)10-14-6-8-24(9-7-14)20(22-2)23-13-16-17(27-4)11-15(26-3)12-18(16)28-5/h11-12,14H,6-10,13H2,1-5H3,(H,21,25)(H,22,23). The van der Waals surface area contributed by atoms with Crippen LogP contribution in [0.4, 0.5) is 0 Å². The minimum absolute atomic E-state index is 0.111. The molecule has 1 fully saturated rings. The van der Waals surface area contributed by atoms with E-state index in [4.69, 9.17) is 14.2 Å². The molecule has 1 aliphatic rings. The van der Waals surface area contributed by atoms with Gasteiger partial charge in [-0.15, -0.1) is 0 Å². The van der Waals surface area contributed by atoms with E-state index >= 15 is 0 Å². The molecule has 1 amide bonds. The molecule has 0 saturated carbocycles. The number of aliphatic imine (C=N–C) groups is 1. The molecule has 28 heavy (non-hydrogen) atoms. The summed E-state index contributed by atoms with van der Waals surface area (Å²) in [6, 6.07) is 3.68. The average Bonchev–Trinajstić information content (AvgIpc) is 2.74. The number of carbonyl (C=O) groups is 1. The number of guanidine groups is 1. The lowest BCUT2D eigenvalue weighted by molar-refractivity contribution is -0.121. The van der Waals surface area contributed by atoms with Crippen LogP contribution in [0.2, 0.25) is 0 Å². The highest BCUT2D eigenvalue weighted by molar-refractivity contribution is 5.80. The van der Waals surface area contributed by atoms with Crippen molar-refractivity contribution in [3.05, 3.63) is 17.7 Å². The monoisotopic (exact) mass is 392 g/mol. The molecule has 1 aromatic carbocycles. The average molecular weight is 393 g/mol. The smallest absolute Gasteiger partial charge is 0.220 e. The number of methoxy groups -OCH3 is 3. The van der Waals surface area contributed by atoms with Gasteiger partial charge < -0.3 is 29.7 Å². The zero-order valence-corrected chi connectivity index (χ0v) is 17.5. The maximum atomic E-state index is 11.6. The largest absolute Gasteiger partial charge is 0.496 e. The van der Waals surface area contributed by atoms with Crippen molar-refractivity contribution in [2.45, 2.75) is 25.8 Å². The topological polar surface area (TPSA) is 84.4 Å². The number of likely N-dealkylation sites (tertiary alicyclic amines) is 1. The summed E-state index contributed by atoms with van der Waals surface area (Å²) in [4.78, 5) is 18.2. The Kier molecular flexibility index (Phi) is 8.22. The van der Waals surface area contributed by atoms with E-state index in [-0.39, 0.29) is 5.91 Å². The molecule has 8 nitrogen and oxygen atoms in total. The van der Waals surface area contributed by atoms with E-state index in [1.807, 2.05) is 12.1 Å². The number of hydrogen-bond acceptors (Lipinski definition) is 5. The molecule has 0 atom stereocenters. The highest BCUT2D eigenvalue weighted by Crippen LogP contribution is 2.34. The maximum absolute atomic E-state index is 11.6. The third-order valence-corrected chi connectivity index (χ3v) is 5.12. The number of benzene rings is 1. The molecule has 2 N–H and O–H groups in total. The maximum Gasteiger partial charge on any atom is 0.220 e. The van der Waals surface area contributed by atoms with Crippen LogP contribution in [0, 0.1) is 5.92 Å². The van der Waals surface area contributed by atoms with Gasteiger partial charge in [-0.1, -0.05) is 0 Å². The Hall–Kier alpha value is -2.64. The molecule has 0 aromatic heterocycles. The predicted molar refractivity (Wildman–Crippen MR) is 109 cm³/mol. The Morgan fingerprint density at radius 3 is 2.21 bits per heavy atom. The number of rotatable bonds is 7. The van der Waals surface area contributed by atoms with E-state index in [1.165, 1.54) is 0 Å². The zero-order valence-electron chi connectivity index (χ0n) is 17.5. The van der Waals surface area contributed by atoms with Crippen LogP contribution in [-0.4, -0.2) is 65.3 Å². The Labute approximate surface area is 167 Å². The zero-order chi connectivity index (χ0) is 20.5. The van der Waals surface area contributed by atoms with Crippen LogP contribution in [0.25, 0.3) is 0 Å². The van der Waals surface area contributed by atoms with Gasteiger partial charge in [-0.05, 0) is 18.8 Å². The fraction of sp³-hybridized carbons (Fsp3) is 0.600. The Bertz CT molecular complexity index is 660. The summed E-state index contributed by atoms with van der Waals surface area (Å²) in [6.07, 6.45) is 2.54. The van der Waals surface area contributed by atoms with Crippen molar-refractivity contribution in [2.24, 2.45) is 10.9 Å². The quantitative estimate of drug-likeness (QED) is 0.542. The van der Waals surface area contributed by atoms with Gasteiger partial charge in [0.05, 0.1) is 33.4 Å². The molecule has 0 aliphatic carbocycles. The third kappa shape index (κ3) is 5.43. The first-order valence-electron chi connectivity index (χ1n) is 9.51. The summed E-state index contributed by atoms with van der Waals surface area (Å²) in [6.45, 7) is 2.26. The van der Waals surface area contributed by atoms with Crippen molar-refractivity contribution < 1.29 is 19.0 Å². The molecule has 0 unspecified atom stereocenters. The number of ether oxygens (including phenoxy) is 3. The van der Waals surface area contributed by atoms with Crippen LogP contribution in [0.5, 0.6) is 17.2 Å². The second-order valence-corrected chi connectivity index (χ2v) is 6.72. The number of piperidine rings is 1. The molecule has 0 bridgehead atoms. The lowest BCUT2D eigenvalue weighted by Crippen LogP contribution is -2.45. The normalized spacial score (nSPS) is 15.2. The summed E-state index contributed by atoms with van der Waals surface area (Å²) in [5.41, 5.74) is 0.904. The van der Waals surface area contributed by atoms with Crippen LogP contribution in [0.3, 0.4) is 0 Å². The van der Waals surface area contributed by atoms with Gasteiger partial charge in [0.15, 0.2) is 5.96 Å². The van der Waals surface area contributed by atoms with Crippen molar-refractivity contribution in [3.63, 3.8) is 0 Å². The van der Waals surface area contributed by atoms with E-state index < -0.39 is 0 Å². The van der Waals surface area contributed by atoms with Gasteiger partial charge in [-0.2, -0.15) is 0 Å². The van der Waals surface area contributed by atoms with Crippen molar-refractivity contribution >= 4 is 11.9 Å². The number of nitrogens with one attached hydrogen (secondary N) is 2. The highest BCUT2D eigenvalue weighted by atomic mass is 16.5. The first-order valence-corrected chi connectivity index (χ1v) is 9.51. The van der Waals surface area contributed by atoms with Gasteiger partial charge in [-0.3, -0.25) is 9.79 Å². The number of carbonyl (C=O) groups excluding carboxylic acids is 1. The van der Waals surface area contributed by atoms with Gasteiger partial charge >= 0.3 is 0 Å². The molecule has 1 aromatic rings. The fourth-order valence-electron chi connectivity index (χ4n) is 3.46. The first-order chi connectivity index (χ1) is 13.6. The van der Waals surface area contributed by atoms with Gasteiger partial charge in [0.2, 0.25) is 5.91 Å². The Morgan fingerprint density at radius 2 is 1.75 bits per heavy atom. The predicted octanol–water partition coefficient (Wildman–Crippen LogP) is 1.64. The minimum Gasteiger partial charge on any atom is -0.496 e. The molecular weight excluding hydrogens is 360 g/mol. The lowest BCUT2D eigenvalue weighted by atomic mass is 9.93. The fourth-order valence-corrected chi connectivity index (χ4v) is 3.46. The summed E-state index contributed by atoms with van der Waals surface area (Å²) in [5, 5.41) is 6.11. The van der Waals surface area contributed by atoms with Crippen LogP contribution >= 0.6 is 0 Å². The summed E-state index contributed by atoms with van der Waals surface area (Å²) in [5.74, 6) is 3.45. The Balaban J connectivity index is 2.01. The summed E-state index contributed by atoms with van der Waals surface area (Å²) < 4.78 is 16.3. The second-order valence-electron chi connectivity index (χ2n) is 6.72. The Morgan fingerprint density at radius 1 is 1.14 bits per heavy atom. The molecule has 8 heteroatoms. The summed E-state index contributed by atoms with van der Waals surface area (Å²) in [7, 11) is 8.33. The van der Waals surface area contributed by atoms with Crippen molar-refractivity contribution in [1.29, 1.82) is 0 Å². The molecular formula is C20H32N4O4. The number of hydrogen-bond donors (Lipinski definition) is 2. The molecule has 0 spiro atoms. The van der Waals surface area contributed by atoms with Crippen LogP contribution in [-0.2, 0) is 11.3 Å². The lowest BCUT2D eigenvalue weighted by Gasteiger charge is -2.34. The highest BCUT2D eigenvalue weighted by Gasteiger charge is 2.23. The molecule has 0 radical (unpaired) electrons. The van der Waals surface area contributed by atoms with Gasteiger partial charge in [0, 0.05) is 45.7 Å². The van der Waals surface area contributed by atoms with E-state index in [0.29, 0.717) is 36.1 Å². The molecule has 1 heterocycles. The third-order valence-electron chi connectivity index (χ3n) is 5.12. The van der Waals surface area contributed by atoms with E-state index in [9.17, 15) is 4.79 Å². The molecule has 156 valence electrons. The molecule has 1 aliphatic heterocycles. The number of amides is 1. The van der Waals surface area contributed by atoms with Crippen LogP contribution < -0.4 is 24.8 Å². The summed E-state index contributed by atoms with van der Waals surface area (Å²) >= 11 is 0. The van der Waals surface area contributed by atoms with E-state index in [1.54, 1.807) is 35.4 Å². The van der Waals surface area contributed by atoms with Crippen molar-refractivity contribution in [3.8, 4) is 17.2 Å².